The van der Waals surface area contributed by atoms with Gasteiger partial charge >= 0.3 is 0 Å². The van der Waals surface area contributed by atoms with Crippen LogP contribution in [0.3, 0.4) is 0 Å². The van der Waals surface area contributed by atoms with Gasteiger partial charge in [-0.25, -0.2) is 0 Å². The van der Waals surface area contributed by atoms with Gasteiger partial charge in [0, 0.05) is 25.1 Å². The van der Waals surface area contributed by atoms with Gasteiger partial charge in [-0.2, -0.15) is 5.10 Å². The summed E-state index contributed by atoms with van der Waals surface area (Å²) in [6.45, 7) is 0.766. The molecule has 0 aromatic carbocycles. The number of aromatic amines is 1. The van der Waals surface area contributed by atoms with E-state index in [1.54, 1.807) is 6.20 Å². The van der Waals surface area contributed by atoms with E-state index >= 15 is 0 Å². The fourth-order valence-corrected chi connectivity index (χ4v) is 1.06. The summed E-state index contributed by atoms with van der Waals surface area (Å²) in [5.74, 6) is 0.795. The van der Waals surface area contributed by atoms with Gasteiger partial charge in [0.15, 0.2) is 0 Å². The Hall–Kier alpha value is -1.84. The minimum Gasteiger partial charge on any atom is -0.367 e. The third-order valence-electron chi connectivity index (χ3n) is 1.71. The second-order valence-corrected chi connectivity index (χ2v) is 2.68. The van der Waals surface area contributed by atoms with Crippen LogP contribution in [0.25, 0.3) is 0 Å². The average Bonchev–Trinajstić information content (AvgIpc) is 2.69. The van der Waals surface area contributed by atoms with Crippen molar-refractivity contribution in [1.29, 1.82) is 0 Å². The predicted molar refractivity (Wildman–Crippen MR) is 50.2 cm³/mol. The molecule has 0 amide bonds. The van der Waals surface area contributed by atoms with Crippen molar-refractivity contribution in [3.8, 4) is 0 Å². The Bertz CT molecular complexity index is 341. The lowest BCUT2D eigenvalue weighted by atomic mass is 10.3. The summed E-state index contributed by atoms with van der Waals surface area (Å²) in [6, 6.07) is 5.76. The van der Waals surface area contributed by atoms with Gasteiger partial charge < -0.3 is 10.3 Å². The normalized spacial score (nSPS) is 9.85. The van der Waals surface area contributed by atoms with Crippen molar-refractivity contribution in [2.45, 2.75) is 6.54 Å². The van der Waals surface area contributed by atoms with Crippen LogP contribution in [0.4, 0.5) is 5.82 Å². The molecule has 13 heavy (non-hydrogen) atoms. The zero-order chi connectivity index (χ0) is 8.93. The largest absolute Gasteiger partial charge is 0.367 e. The second kappa shape index (κ2) is 3.71. The van der Waals surface area contributed by atoms with E-state index in [0.29, 0.717) is 0 Å². The van der Waals surface area contributed by atoms with Crippen LogP contribution in [-0.2, 0) is 6.54 Å². The quantitative estimate of drug-likeness (QED) is 0.739. The third kappa shape index (κ3) is 2.05. The maximum Gasteiger partial charge on any atom is 0.148 e. The molecule has 2 aromatic heterocycles. The van der Waals surface area contributed by atoms with E-state index < -0.39 is 0 Å². The molecule has 0 saturated heterocycles. The van der Waals surface area contributed by atoms with E-state index in [0.717, 1.165) is 12.4 Å². The Balaban J connectivity index is 1.94. The SMILES string of the molecule is c1cnnc(NCc2cc[nH]c2)c1. The van der Waals surface area contributed by atoms with Crippen LogP contribution in [0.15, 0.2) is 36.8 Å². The Kier molecular flexibility index (Phi) is 2.22. The van der Waals surface area contributed by atoms with Crippen molar-refractivity contribution in [2.24, 2.45) is 0 Å². The number of rotatable bonds is 3. The van der Waals surface area contributed by atoms with E-state index in [9.17, 15) is 0 Å². The van der Waals surface area contributed by atoms with Crippen LogP contribution in [0.1, 0.15) is 5.56 Å². The molecule has 0 spiro atoms. The number of hydrogen-bond donors (Lipinski definition) is 2. The van der Waals surface area contributed by atoms with Crippen molar-refractivity contribution in [3.63, 3.8) is 0 Å². The van der Waals surface area contributed by atoms with Crippen LogP contribution in [0.5, 0.6) is 0 Å². The molecule has 0 aliphatic rings. The van der Waals surface area contributed by atoms with Gasteiger partial charge in [-0.05, 0) is 23.8 Å². The van der Waals surface area contributed by atoms with Gasteiger partial charge in [-0.3, -0.25) is 0 Å². The monoisotopic (exact) mass is 174 g/mol. The first-order valence-corrected chi connectivity index (χ1v) is 4.08. The fraction of sp³-hybridized carbons (Fsp3) is 0.111. The molecule has 0 aliphatic heterocycles. The molecule has 2 aromatic rings. The van der Waals surface area contributed by atoms with E-state index in [1.807, 2.05) is 30.6 Å². The van der Waals surface area contributed by atoms with Crippen LogP contribution >= 0.6 is 0 Å². The predicted octanol–water partition coefficient (Wildman–Crippen LogP) is 1.42. The third-order valence-corrected chi connectivity index (χ3v) is 1.71. The van der Waals surface area contributed by atoms with Gasteiger partial charge in [0.25, 0.3) is 0 Å². The van der Waals surface area contributed by atoms with Crippen LogP contribution in [0, 0.1) is 0 Å². The Morgan fingerprint density at radius 1 is 1.38 bits per heavy atom. The molecule has 2 heterocycles. The van der Waals surface area contributed by atoms with Crippen molar-refractivity contribution in [2.75, 3.05) is 5.32 Å². The van der Waals surface area contributed by atoms with Gasteiger partial charge in [-0.1, -0.05) is 0 Å². The van der Waals surface area contributed by atoms with Crippen LogP contribution < -0.4 is 5.32 Å². The van der Waals surface area contributed by atoms with Gasteiger partial charge in [-0.15, -0.1) is 5.10 Å². The lowest BCUT2D eigenvalue weighted by Crippen LogP contribution is -2.00. The van der Waals surface area contributed by atoms with Crippen molar-refractivity contribution in [3.05, 3.63) is 42.4 Å². The van der Waals surface area contributed by atoms with E-state index in [4.69, 9.17) is 0 Å². The molecule has 0 atom stereocenters. The molecular formula is C9H10N4. The Morgan fingerprint density at radius 3 is 3.08 bits per heavy atom. The number of hydrogen-bond acceptors (Lipinski definition) is 3. The lowest BCUT2D eigenvalue weighted by Gasteiger charge is -2.01. The summed E-state index contributed by atoms with van der Waals surface area (Å²) in [5.41, 5.74) is 1.20. The standard InChI is InChI=1S/C9H10N4/c1-2-9(13-12-4-1)11-7-8-3-5-10-6-8/h1-6,10H,7H2,(H,11,13). The average molecular weight is 174 g/mol. The first kappa shape index (κ1) is 7.79. The molecule has 0 fully saturated rings. The summed E-state index contributed by atoms with van der Waals surface area (Å²) >= 11 is 0. The number of nitrogens with zero attached hydrogens (tertiary/aromatic N) is 2. The molecule has 0 saturated carbocycles. The lowest BCUT2D eigenvalue weighted by molar-refractivity contribution is 1.00. The highest BCUT2D eigenvalue weighted by atomic mass is 15.2. The van der Waals surface area contributed by atoms with E-state index in [-0.39, 0.29) is 0 Å². The molecule has 2 rings (SSSR count). The van der Waals surface area contributed by atoms with Crippen molar-refractivity contribution in [1.82, 2.24) is 15.2 Å². The second-order valence-electron chi connectivity index (χ2n) is 2.68. The molecule has 0 unspecified atom stereocenters. The molecule has 4 nitrogen and oxygen atoms in total. The summed E-state index contributed by atoms with van der Waals surface area (Å²) in [6.07, 6.45) is 5.50. The smallest absolute Gasteiger partial charge is 0.148 e. The highest BCUT2D eigenvalue weighted by Gasteiger charge is 1.93. The fourth-order valence-electron chi connectivity index (χ4n) is 1.06. The van der Waals surface area contributed by atoms with Crippen molar-refractivity contribution < 1.29 is 0 Å². The first-order chi connectivity index (χ1) is 6.45. The van der Waals surface area contributed by atoms with E-state index in [1.165, 1.54) is 5.56 Å². The highest BCUT2D eigenvalue weighted by molar-refractivity contribution is 5.32. The summed E-state index contributed by atoms with van der Waals surface area (Å²) in [7, 11) is 0. The number of aromatic nitrogens is 3. The molecular weight excluding hydrogens is 164 g/mol. The molecule has 0 radical (unpaired) electrons. The maximum atomic E-state index is 3.91. The van der Waals surface area contributed by atoms with Gasteiger partial charge in [0.05, 0.1) is 0 Å². The minimum absolute atomic E-state index is 0.766. The number of anilines is 1. The highest BCUT2D eigenvalue weighted by Crippen LogP contribution is 2.02. The molecule has 0 bridgehead atoms. The number of nitrogens with one attached hydrogen (secondary N) is 2. The zero-order valence-corrected chi connectivity index (χ0v) is 7.07. The number of H-pyrrole nitrogens is 1. The molecule has 4 heteroatoms. The Morgan fingerprint density at radius 2 is 2.38 bits per heavy atom. The van der Waals surface area contributed by atoms with Gasteiger partial charge in [0.2, 0.25) is 0 Å². The van der Waals surface area contributed by atoms with Crippen molar-refractivity contribution >= 4 is 5.82 Å². The summed E-state index contributed by atoms with van der Waals surface area (Å²) in [5, 5.41) is 10.8. The molecule has 0 aliphatic carbocycles. The van der Waals surface area contributed by atoms with Crippen LogP contribution in [0.2, 0.25) is 0 Å². The topological polar surface area (TPSA) is 53.6 Å². The zero-order valence-electron chi connectivity index (χ0n) is 7.07. The Labute approximate surface area is 76.0 Å². The summed E-state index contributed by atoms with van der Waals surface area (Å²) in [4.78, 5) is 2.99. The van der Waals surface area contributed by atoms with E-state index in [2.05, 4.69) is 20.5 Å². The van der Waals surface area contributed by atoms with Crippen LogP contribution in [-0.4, -0.2) is 15.2 Å². The molecule has 66 valence electrons. The summed E-state index contributed by atoms with van der Waals surface area (Å²) < 4.78 is 0. The first-order valence-electron chi connectivity index (χ1n) is 4.08. The maximum absolute atomic E-state index is 3.91. The minimum atomic E-state index is 0.766. The van der Waals surface area contributed by atoms with Gasteiger partial charge in [0.1, 0.15) is 5.82 Å². The molecule has 2 N–H and O–H groups in total.